The van der Waals surface area contributed by atoms with E-state index in [0.29, 0.717) is 16.7 Å². The summed E-state index contributed by atoms with van der Waals surface area (Å²) in [4.78, 5) is 4.33. The van der Waals surface area contributed by atoms with E-state index in [-0.39, 0.29) is 4.90 Å². The zero-order valence-electron chi connectivity index (χ0n) is 7.97. The van der Waals surface area contributed by atoms with E-state index in [9.17, 15) is 8.76 Å². The van der Waals surface area contributed by atoms with Gasteiger partial charge in [0.25, 0.3) is 0 Å². The molecule has 0 N–H and O–H groups in total. The summed E-state index contributed by atoms with van der Waals surface area (Å²) in [6, 6.07) is 6.50. The highest BCUT2D eigenvalue weighted by molar-refractivity contribution is 7.79. The van der Waals surface area contributed by atoms with Crippen LogP contribution in [0.5, 0.6) is 5.75 Å². The molecule has 0 radical (unpaired) electrons. The third-order valence-corrected chi connectivity index (χ3v) is 2.81. The number of ether oxygens (including phenoxy) is 1. The Bertz CT molecular complexity index is 527. The van der Waals surface area contributed by atoms with Crippen molar-refractivity contribution in [2.75, 3.05) is 7.11 Å². The molecule has 0 bridgehead atoms. The van der Waals surface area contributed by atoms with Gasteiger partial charge in [0.15, 0.2) is 0 Å². The maximum atomic E-state index is 10.9. The van der Waals surface area contributed by atoms with Crippen molar-refractivity contribution in [2.45, 2.75) is 4.90 Å². The number of pyridine rings is 1. The molecule has 0 aliphatic rings. The van der Waals surface area contributed by atoms with Crippen LogP contribution in [0.4, 0.5) is 0 Å². The molecule has 2 aromatic rings. The van der Waals surface area contributed by atoms with Crippen LogP contribution in [0.25, 0.3) is 10.9 Å². The molecular formula is C10H8NO3S-. The van der Waals surface area contributed by atoms with Crippen LogP contribution in [-0.2, 0) is 11.1 Å². The fourth-order valence-corrected chi connectivity index (χ4v) is 1.95. The normalized spacial score (nSPS) is 12.7. The number of benzene rings is 1. The summed E-state index contributed by atoms with van der Waals surface area (Å²) in [6.07, 6.45) is 1.60. The van der Waals surface area contributed by atoms with Crippen LogP contribution >= 0.6 is 0 Å². The van der Waals surface area contributed by atoms with Gasteiger partial charge in [-0.15, -0.1) is 0 Å². The van der Waals surface area contributed by atoms with Crippen molar-refractivity contribution in [3.63, 3.8) is 0 Å². The highest BCUT2D eigenvalue weighted by Crippen LogP contribution is 2.27. The van der Waals surface area contributed by atoms with E-state index in [1.807, 2.05) is 0 Å². The van der Waals surface area contributed by atoms with Crippen LogP contribution in [-0.4, -0.2) is 20.9 Å². The Morgan fingerprint density at radius 1 is 1.40 bits per heavy atom. The van der Waals surface area contributed by atoms with E-state index in [1.54, 1.807) is 24.4 Å². The van der Waals surface area contributed by atoms with E-state index in [4.69, 9.17) is 4.74 Å². The summed E-state index contributed by atoms with van der Waals surface area (Å²) in [6.45, 7) is 0. The van der Waals surface area contributed by atoms with Gasteiger partial charge in [0.1, 0.15) is 11.3 Å². The molecule has 0 fully saturated rings. The standard InChI is InChI=1S/C10H9NO3S/c1-14-8-4-5-9(15(12)13)7-3-2-6-11-10(7)8/h2-6H,1H3,(H,12,13)/p-1. The minimum Gasteiger partial charge on any atom is -0.768 e. The van der Waals surface area contributed by atoms with Crippen LogP contribution in [0.15, 0.2) is 35.4 Å². The maximum absolute atomic E-state index is 10.9. The third kappa shape index (κ3) is 1.71. The number of fused-ring (bicyclic) bond motifs is 1. The number of methoxy groups -OCH3 is 1. The quantitative estimate of drug-likeness (QED) is 0.722. The highest BCUT2D eigenvalue weighted by Gasteiger charge is 2.06. The Morgan fingerprint density at radius 3 is 2.87 bits per heavy atom. The summed E-state index contributed by atoms with van der Waals surface area (Å²) < 4.78 is 27.0. The smallest absolute Gasteiger partial charge is 0.145 e. The van der Waals surface area contributed by atoms with Gasteiger partial charge in [-0.1, -0.05) is 0 Å². The van der Waals surface area contributed by atoms with Crippen LogP contribution in [0, 0.1) is 0 Å². The van der Waals surface area contributed by atoms with E-state index < -0.39 is 11.1 Å². The molecule has 78 valence electrons. The Hall–Kier alpha value is -1.46. The van der Waals surface area contributed by atoms with Crippen LogP contribution < -0.4 is 4.74 Å². The van der Waals surface area contributed by atoms with Crippen molar-refractivity contribution >= 4 is 22.0 Å². The minimum absolute atomic E-state index is 0.235. The van der Waals surface area contributed by atoms with E-state index in [1.165, 1.54) is 13.2 Å². The Balaban J connectivity index is 2.83. The molecule has 4 nitrogen and oxygen atoms in total. The summed E-state index contributed by atoms with van der Waals surface area (Å²) in [5.41, 5.74) is 0.557. The van der Waals surface area contributed by atoms with Gasteiger partial charge < -0.3 is 9.29 Å². The average Bonchev–Trinajstić information content (AvgIpc) is 2.27. The lowest BCUT2D eigenvalue weighted by Crippen LogP contribution is -1.94. The molecule has 0 spiro atoms. The molecule has 0 saturated carbocycles. The van der Waals surface area contributed by atoms with Gasteiger partial charge in [-0.25, -0.2) is 0 Å². The second-order valence-corrected chi connectivity index (χ2v) is 3.81. The predicted octanol–water partition coefficient (Wildman–Crippen LogP) is 1.48. The van der Waals surface area contributed by atoms with Gasteiger partial charge in [-0.2, -0.15) is 0 Å². The fourth-order valence-electron chi connectivity index (χ4n) is 1.43. The van der Waals surface area contributed by atoms with Crippen LogP contribution in [0.1, 0.15) is 0 Å². The lowest BCUT2D eigenvalue weighted by atomic mass is 10.2. The first-order chi connectivity index (χ1) is 7.24. The van der Waals surface area contributed by atoms with Crippen molar-refractivity contribution in [3.8, 4) is 5.75 Å². The number of aromatic nitrogens is 1. The second kappa shape index (κ2) is 3.96. The van der Waals surface area contributed by atoms with E-state index in [2.05, 4.69) is 4.98 Å². The molecule has 5 heteroatoms. The Labute approximate surface area is 89.2 Å². The van der Waals surface area contributed by atoms with Crippen LogP contribution in [0.2, 0.25) is 0 Å². The number of nitrogens with zero attached hydrogens (tertiary/aromatic N) is 1. The largest absolute Gasteiger partial charge is 0.768 e. The summed E-state index contributed by atoms with van der Waals surface area (Å²) in [5.74, 6) is 0.569. The fraction of sp³-hybridized carbons (Fsp3) is 0.100. The average molecular weight is 222 g/mol. The predicted molar refractivity (Wildman–Crippen MR) is 55.5 cm³/mol. The van der Waals surface area contributed by atoms with Gasteiger partial charge >= 0.3 is 0 Å². The molecule has 1 aromatic heterocycles. The van der Waals surface area contributed by atoms with Gasteiger partial charge in [0.05, 0.1) is 7.11 Å². The first-order valence-corrected chi connectivity index (χ1v) is 5.32. The van der Waals surface area contributed by atoms with Gasteiger partial charge in [-0.05, 0) is 35.3 Å². The third-order valence-electron chi connectivity index (χ3n) is 2.09. The molecule has 1 aromatic carbocycles. The molecule has 1 heterocycles. The molecule has 0 saturated heterocycles. The van der Waals surface area contributed by atoms with Crippen molar-refractivity contribution < 1.29 is 13.5 Å². The summed E-state index contributed by atoms with van der Waals surface area (Å²) in [7, 11) is 1.53. The van der Waals surface area contributed by atoms with E-state index >= 15 is 0 Å². The monoisotopic (exact) mass is 222 g/mol. The highest BCUT2D eigenvalue weighted by atomic mass is 32.2. The van der Waals surface area contributed by atoms with Crippen molar-refractivity contribution in [1.82, 2.24) is 4.98 Å². The molecule has 0 aliphatic heterocycles. The lowest BCUT2D eigenvalue weighted by molar-refractivity contribution is 0.418. The van der Waals surface area contributed by atoms with Gasteiger partial charge in [0.2, 0.25) is 0 Å². The summed E-state index contributed by atoms with van der Waals surface area (Å²) >= 11 is -2.26. The first-order valence-electron chi connectivity index (χ1n) is 4.25. The number of rotatable bonds is 2. The Kier molecular flexibility index (Phi) is 2.66. The van der Waals surface area contributed by atoms with Gasteiger partial charge in [-0.3, -0.25) is 9.19 Å². The van der Waals surface area contributed by atoms with Gasteiger partial charge in [0, 0.05) is 16.5 Å². The maximum Gasteiger partial charge on any atom is 0.145 e. The first kappa shape index (κ1) is 10.1. The van der Waals surface area contributed by atoms with Crippen LogP contribution in [0.3, 0.4) is 0 Å². The molecule has 2 rings (SSSR count). The van der Waals surface area contributed by atoms with E-state index in [0.717, 1.165) is 0 Å². The molecule has 1 unspecified atom stereocenters. The molecule has 0 amide bonds. The van der Waals surface area contributed by atoms with Crippen molar-refractivity contribution in [3.05, 3.63) is 30.5 Å². The van der Waals surface area contributed by atoms with Crippen molar-refractivity contribution in [2.24, 2.45) is 0 Å². The number of hydrogen-bond acceptors (Lipinski definition) is 4. The minimum atomic E-state index is -2.26. The molecule has 1 atom stereocenters. The summed E-state index contributed by atoms with van der Waals surface area (Å²) in [5, 5.41) is 0.574. The zero-order valence-corrected chi connectivity index (χ0v) is 8.78. The SMILES string of the molecule is COc1ccc(S(=O)[O-])c2cccnc12. The number of hydrogen-bond donors (Lipinski definition) is 0. The molecule has 0 aliphatic carbocycles. The topological polar surface area (TPSA) is 62.2 Å². The molecule has 15 heavy (non-hydrogen) atoms. The zero-order chi connectivity index (χ0) is 10.8. The van der Waals surface area contributed by atoms with Crippen molar-refractivity contribution in [1.29, 1.82) is 0 Å². The Morgan fingerprint density at radius 2 is 2.20 bits per heavy atom. The second-order valence-electron chi connectivity index (χ2n) is 2.90. The molecular weight excluding hydrogens is 214 g/mol. The lowest BCUT2D eigenvalue weighted by Gasteiger charge is -2.10.